The molecule has 0 aliphatic rings. The number of hydrogen-bond acceptors (Lipinski definition) is 2. The van der Waals surface area contributed by atoms with Gasteiger partial charge in [0, 0.05) is 9.86 Å². The van der Waals surface area contributed by atoms with Gasteiger partial charge in [-0.2, -0.15) is 5.10 Å². The number of benzene rings is 2. The van der Waals surface area contributed by atoms with Crippen LogP contribution in [0.3, 0.4) is 0 Å². The average Bonchev–Trinajstić information content (AvgIpc) is 2.91. The van der Waals surface area contributed by atoms with Crippen LogP contribution in [0.15, 0.2) is 47.1 Å². The summed E-state index contributed by atoms with van der Waals surface area (Å²) in [7, 11) is 0. The first-order valence-electron chi connectivity index (χ1n) is 5.83. The molecule has 0 bridgehead atoms. The van der Waals surface area contributed by atoms with E-state index in [4.69, 9.17) is 0 Å². The molecule has 0 aliphatic heterocycles. The molecule has 0 radical (unpaired) electrons. The van der Waals surface area contributed by atoms with Crippen molar-refractivity contribution in [3.63, 3.8) is 0 Å². The maximum Gasteiger partial charge on any atom is 0.258 e. The Hall–Kier alpha value is -2.21. The number of amides is 1. The predicted molar refractivity (Wildman–Crippen MR) is 78.1 cm³/mol. The molecule has 20 heavy (non-hydrogen) atoms. The van der Waals surface area contributed by atoms with Gasteiger partial charge in [0.1, 0.15) is 5.82 Å². The zero-order valence-corrected chi connectivity index (χ0v) is 11.7. The molecule has 0 spiro atoms. The zero-order chi connectivity index (χ0) is 14.1. The second kappa shape index (κ2) is 5.05. The van der Waals surface area contributed by atoms with Crippen LogP contribution in [-0.2, 0) is 0 Å². The van der Waals surface area contributed by atoms with Crippen molar-refractivity contribution in [1.82, 2.24) is 10.2 Å². The summed E-state index contributed by atoms with van der Waals surface area (Å²) in [6, 6.07) is 9.61. The van der Waals surface area contributed by atoms with Crippen LogP contribution in [0.2, 0.25) is 0 Å². The lowest BCUT2D eigenvalue weighted by molar-refractivity contribution is 0.102. The van der Waals surface area contributed by atoms with Crippen LogP contribution in [0.1, 0.15) is 10.4 Å². The van der Waals surface area contributed by atoms with E-state index in [0.717, 1.165) is 10.9 Å². The highest BCUT2D eigenvalue weighted by atomic mass is 79.9. The van der Waals surface area contributed by atoms with E-state index in [2.05, 4.69) is 31.4 Å². The fourth-order valence-corrected chi connectivity index (χ4v) is 2.30. The van der Waals surface area contributed by atoms with E-state index in [1.807, 2.05) is 6.07 Å². The SMILES string of the molecule is O=C(Nc1cccc2[nH]ncc12)c1cc(Br)ccc1F. The molecule has 0 saturated carbocycles. The smallest absolute Gasteiger partial charge is 0.258 e. The number of hydrogen-bond donors (Lipinski definition) is 2. The molecule has 1 amide bonds. The van der Waals surface area contributed by atoms with Crippen molar-refractivity contribution in [1.29, 1.82) is 0 Å². The predicted octanol–water partition coefficient (Wildman–Crippen LogP) is 3.72. The largest absolute Gasteiger partial charge is 0.321 e. The molecule has 3 aromatic rings. The van der Waals surface area contributed by atoms with E-state index < -0.39 is 11.7 Å². The number of fused-ring (bicyclic) bond motifs is 1. The molecular weight excluding hydrogens is 325 g/mol. The molecule has 6 heteroatoms. The van der Waals surface area contributed by atoms with E-state index in [-0.39, 0.29) is 5.56 Å². The number of rotatable bonds is 2. The Morgan fingerprint density at radius 3 is 3.00 bits per heavy atom. The van der Waals surface area contributed by atoms with Crippen molar-refractivity contribution in [3.8, 4) is 0 Å². The first-order valence-corrected chi connectivity index (χ1v) is 6.63. The lowest BCUT2D eigenvalue weighted by Gasteiger charge is -2.07. The second-order valence-corrected chi connectivity index (χ2v) is 5.13. The van der Waals surface area contributed by atoms with E-state index in [1.54, 1.807) is 24.4 Å². The third-order valence-electron chi connectivity index (χ3n) is 2.91. The Balaban J connectivity index is 1.96. The van der Waals surface area contributed by atoms with Gasteiger partial charge in [-0.05, 0) is 30.3 Å². The number of carbonyl (C=O) groups is 1. The van der Waals surface area contributed by atoms with Gasteiger partial charge < -0.3 is 5.32 Å². The third kappa shape index (κ3) is 2.30. The number of carbonyl (C=O) groups excluding carboxylic acids is 1. The average molecular weight is 334 g/mol. The molecule has 1 heterocycles. The molecule has 1 aromatic heterocycles. The van der Waals surface area contributed by atoms with Crippen LogP contribution in [0, 0.1) is 5.82 Å². The highest BCUT2D eigenvalue weighted by Crippen LogP contribution is 2.23. The van der Waals surface area contributed by atoms with Crippen LogP contribution in [-0.4, -0.2) is 16.1 Å². The number of aromatic amines is 1. The summed E-state index contributed by atoms with van der Waals surface area (Å²) in [5, 5.41) is 10.2. The number of nitrogens with zero attached hydrogens (tertiary/aromatic N) is 1. The highest BCUT2D eigenvalue weighted by molar-refractivity contribution is 9.10. The summed E-state index contributed by atoms with van der Waals surface area (Å²) in [6.45, 7) is 0. The molecule has 2 aromatic carbocycles. The lowest BCUT2D eigenvalue weighted by Crippen LogP contribution is -2.13. The number of aromatic nitrogens is 2. The van der Waals surface area contributed by atoms with Gasteiger partial charge in [-0.3, -0.25) is 9.89 Å². The molecule has 0 fully saturated rings. The number of halogens is 2. The molecule has 4 nitrogen and oxygen atoms in total. The monoisotopic (exact) mass is 333 g/mol. The van der Waals surface area contributed by atoms with E-state index in [0.29, 0.717) is 10.2 Å². The fraction of sp³-hybridized carbons (Fsp3) is 0. The summed E-state index contributed by atoms with van der Waals surface area (Å²) in [4.78, 5) is 12.2. The third-order valence-corrected chi connectivity index (χ3v) is 3.40. The van der Waals surface area contributed by atoms with Gasteiger partial charge in [0.2, 0.25) is 0 Å². The van der Waals surface area contributed by atoms with Crippen molar-refractivity contribution in [3.05, 3.63) is 58.4 Å². The molecule has 100 valence electrons. The van der Waals surface area contributed by atoms with E-state index in [1.165, 1.54) is 12.1 Å². The molecule has 0 atom stereocenters. The van der Waals surface area contributed by atoms with Gasteiger partial charge in [-0.1, -0.05) is 22.0 Å². The second-order valence-electron chi connectivity index (χ2n) is 4.22. The van der Waals surface area contributed by atoms with E-state index in [9.17, 15) is 9.18 Å². The van der Waals surface area contributed by atoms with Crippen molar-refractivity contribution in [2.75, 3.05) is 5.32 Å². The lowest BCUT2D eigenvalue weighted by atomic mass is 10.1. The van der Waals surface area contributed by atoms with Crippen LogP contribution in [0.25, 0.3) is 10.9 Å². The first kappa shape index (κ1) is 12.8. The Bertz CT molecular complexity index is 800. The molecular formula is C14H9BrFN3O. The zero-order valence-electron chi connectivity index (χ0n) is 10.2. The van der Waals surface area contributed by atoms with Crippen molar-refractivity contribution in [2.45, 2.75) is 0 Å². The van der Waals surface area contributed by atoms with Crippen molar-refractivity contribution >= 4 is 38.4 Å². The normalized spacial score (nSPS) is 10.7. The van der Waals surface area contributed by atoms with Gasteiger partial charge in [-0.15, -0.1) is 0 Å². The minimum atomic E-state index is -0.565. The highest BCUT2D eigenvalue weighted by Gasteiger charge is 2.13. The molecule has 0 saturated heterocycles. The van der Waals surface area contributed by atoms with Crippen LogP contribution >= 0.6 is 15.9 Å². The maximum atomic E-state index is 13.7. The van der Waals surface area contributed by atoms with Crippen LogP contribution < -0.4 is 5.32 Å². The van der Waals surface area contributed by atoms with Gasteiger partial charge >= 0.3 is 0 Å². The Labute approximate surface area is 122 Å². The minimum absolute atomic E-state index is 0.0140. The number of nitrogens with one attached hydrogen (secondary N) is 2. The number of H-pyrrole nitrogens is 1. The quantitative estimate of drug-likeness (QED) is 0.750. The fourth-order valence-electron chi connectivity index (χ4n) is 1.94. The summed E-state index contributed by atoms with van der Waals surface area (Å²) >= 11 is 3.22. The van der Waals surface area contributed by atoms with Gasteiger partial charge in [0.25, 0.3) is 5.91 Å². The minimum Gasteiger partial charge on any atom is -0.321 e. The topological polar surface area (TPSA) is 57.8 Å². The van der Waals surface area contributed by atoms with Crippen molar-refractivity contribution < 1.29 is 9.18 Å². The number of anilines is 1. The Kier molecular flexibility index (Phi) is 3.23. The standard InChI is InChI=1S/C14H9BrFN3O/c15-8-4-5-11(16)9(6-8)14(20)18-12-2-1-3-13-10(12)7-17-19-13/h1-7H,(H,17,19)(H,18,20). The Morgan fingerprint density at radius 2 is 2.15 bits per heavy atom. The van der Waals surface area contributed by atoms with Gasteiger partial charge in [0.15, 0.2) is 0 Å². The van der Waals surface area contributed by atoms with Crippen LogP contribution in [0.4, 0.5) is 10.1 Å². The summed E-state index contributed by atoms with van der Waals surface area (Å²) in [5.74, 6) is -1.07. The molecule has 0 aliphatic carbocycles. The Morgan fingerprint density at radius 1 is 1.30 bits per heavy atom. The van der Waals surface area contributed by atoms with Crippen LogP contribution in [0.5, 0.6) is 0 Å². The summed E-state index contributed by atoms with van der Waals surface area (Å²) < 4.78 is 14.3. The molecule has 3 rings (SSSR count). The van der Waals surface area contributed by atoms with Gasteiger partial charge in [0.05, 0.1) is 23.0 Å². The summed E-state index contributed by atoms with van der Waals surface area (Å²) in [5.41, 5.74) is 1.37. The summed E-state index contributed by atoms with van der Waals surface area (Å²) in [6.07, 6.45) is 1.61. The van der Waals surface area contributed by atoms with Gasteiger partial charge in [-0.25, -0.2) is 4.39 Å². The molecule has 2 N–H and O–H groups in total. The van der Waals surface area contributed by atoms with E-state index >= 15 is 0 Å². The van der Waals surface area contributed by atoms with Crippen molar-refractivity contribution in [2.24, 2.45) is 0 Å². The molecule has 0 unspecified atom stereocenters. The first-order chi connectivity index (χ1) is 9.65. The maximum absolute atomic E-state index is 13.7.